The molecule has 2 N–H and O–H groups in total. The first-order chi connectivity index (χ1) is 8.93. The maximum atomic E-state index is 10.9. The summed E-state index contributed by atoms with van der Waals surface area (Å²) in [6, 6.07) is 5.05. The van der Waals surface area contributed by atoms with Crippen LogP contribution in [0.25, 0.3) is 0 Å². The van der Waals surface area contributed by atoms with Crippen molar-refractivity contribution in [1.29, 1.82) is 0 Å². The van der Waals surface area contributed by atoms with E-state index in [1.165, 1.54) is 0 Å². The fourth-order valence-corrected chi connectivity index (χ4v) is 2.43. The van der Waals surface area contributed by atoms with Crippen molar-refractivity contribution in [3.63, 3.8) is 0 Å². The Bertz CT molecular complexity index is 510. The number of benzene rings is 1. The molecule has 102 valence electrons. The standard InChI is InChI=1S/C14H17NO4/c1-14(2)7-9-4-3-5-10(13(9)19-14)11(15-8-16)6-12(17)18/h3-5,8,11H,6-7H2,1-2H3,(H,15,16)(H,17,18)/t11-/m1/s1. The Balaban J connectivity index is 2.37. The van der Waals surface area contributed by atoms with Gasteiger partial charge in [-0.05, 0) is 19.4 Å². The fraction of sp³-hybridized carbons (Fsp3) is 0.429. The summed E-state index contributed by atoms with van der Waals surface area (Å²) in [4.78, 5) is 21.5. The van der Waals surface area contributed by atoms with Crippen LogP contribution in [0.1, 0.15) is 37.4 Å². The average molecular weight is 263 g/mol. The maximum absolute atomic E-state index is 10.9. The predicted octanol–water partition coefficient (Wildman–Crippen LogP) is 1.66. The zero-order valence-corrected chi connectivity index (χ0v) is 11.0. The molecule has 1 aromatic rings. The first-order valence-corrected chi connectivity index (χ1v) is 6.15. The number of carboxylic acids is 1. The topological polar surface area (TPSA) is 75.6 Å². The van der Waals surface area contributed by atoms with Crippen molar-refractivity contribution in [3.8, 4) is 5.75 Å². The number of nitrogens with one attached hydrogen (secondary N) is 1. The predicted molar refractivity (Wildman–Crippen MR) is 69.0 cm³/mol. The normalized spacial score (nSPS) is 17.2. The van der Waals surface area contributed by atoms with E-state index in [1.54, 1.807) is 6.07 Å². The molecule has 0 fully saturated rings. The number of rotatable bonds is 5. The summed E-state index contributed by atoms with van der Waals surface area (Å²) in [6.45, 7) is 3.96. The minimum Gasteiger partial charge on any atom is -0.487 e. The zero-order valence-electron chi connectivity index (χ0n) is 11.0. The number of amides is 1. The van der Waals surface area contributed by atoms with Gasteiger partial charge in [0.25, 0.3) is 0 Å². The summed E-state index contributed by atoms with van der Waals surface area (Å²) < 4.78 is 5.89. The van der Waals surface area contributed by atoms with E-state index in [9.17, 15) is 9.59 Å². The number of para-hydroxylation sites is 1. The lowest BCUT2D eigenvalue weighted by atomic mass is 9.97. The van der Waals surface area contributed by atoms with Crippen LogP contribution in [0.5, 0.6) is 5.75 Å². The van der Waals surface area contributed by atoms with Gasteiger partial charge in [-0.1, -0.05) is 18.2 Å². The van der Waals surface area contributed by atoms with Gasteiger partial charge in [0.15, 0.2) is 0 Å². The molecule has 1 aliphatic heterocycles. The van der Waals surface area contributed by atoms with Crippen LogP contribution in [0.3, 0.4) is 0 Å². The van der Waals surface area contributed by atoms with Crippen LogP contribution >= 0.6 is 0 Å². The van der Waals surface area contributed by atoms with Crippen LogP contribution in [0.15, 0.2) is 18.2 Å². The van der Waals surface area contributed by atoms with E-state index in [0.29, 0.717) is 12.2 Å². The van der Waals surface area contributed by atoms with Crippen molar-refractivity contribution in [1.82, 2.24) is 5.32 Å². The smallest absolute Gasteiger partial charge is 0.305 e. The van der Waals surface area contributed by atoms with Gasteiger partial charge in [0.05, 0.1) is 12.5 Å². The number of carbonyl (C=O) groups excluding carboxylic acids is 1. The minimum absolute atomic E-state index is 0.168. The fourth-order valence-electron chi connectivity index (χ4n) is 2.43. The number of fused-ring (bicyclic) bond motifs is 1. The third-order valence-corrected chi connectivity index (χ3v) is 3.14. The van der Waals surface area contributed by atoms with Gasteiger partial charge in [0.2, 0.25) is 6.41 Å². The number of carbonyl (C=O) groups is 2. The monoisotopic (exact) mass is 263 g/mol. The van der Waals surface area contributed by atoms with Crippen molar-refractivity contribution >= 4 is 12.4 Å². The molecular formula is C14H17NO4. The van der Waals surface area contributed by atoms with E-state index in [4.69, 9.17) is 9.84 Å². The molecule has 0 radical (unpaired) electrons. The third kappa shape index (κ3) is 2.86. The molecule has 0 saturated heterocycles. The largest absolute Gasteiger partial charge is 0.487 e. The van der Waals surface area contributed by atoms with Gasteiger partial charge < -0.3 is 15.2 Å². The Morgan fingerprint density at radius 1 is 1.58 bits per heavy atom. The van der Waals surface area contributed by atoms with Gasteiger partial charge in [0, 0.05) is 12.0 Å². The highest BCUT2D eigenvalue weighted by Crippen LogP contribution is 2.40. The van der Waals surface area contributed by atoms with E-state index in [-0.39, 0.29) is 12.0 Å². The summed E-state index contributed by atoms with van der Waals surface area (Å²) in [7, 11) is 0. The number of carboxylic acid groups (broad SMARTS) is 1. The summed E-state index contributed by atoms with van der Waals surface area (Å²) >= 11 is 0. The van der Waals surface area contributed by atoms with E-state index >= 15 is 0 Å². The second-order valence-electron chi connectivity index (χ2n) is 5.31. The van der Waals surface area contributed by atoms with Crippen molar-refractivity contribution in [3.05, 3.63) is 29.3 Å². The molecule has 1 aromatic carbocycles. The lowest BCUT2D eigenvalue weighted by Gasteiger charge is -2.21. The number of ether oxygens (including phenoxy) is 1. The Labute approximate surface area is 111 Å². The molecule has 0 unspecified atom stereocenters. The van der Waals surface area contributed by atoms with Gasteiger partial charge in [0.1, 0.15) is 11.4 Å². The molecule has 0 saturated carbocycles. The summed E-state index contributed by atoms with van der Waals surface area (Å²) in [5.41, 5.74) is 1.47. The summed E-state index contributed by atoms with van der Waals surface area (Å²) in [6.07, 6.45) is 1.13. The molecule has 2 rings (SSSR count). The van der Waals surface area contributed by atoms with Crippen LogP contribution in [0.4, 0.5) is 0 Å². The van der Waals surface area contributed by atoms with Gasteiger partial charge in [-0.25, -0.2) is 0 Å². The minimum atomic E-state index is -0.964. The number of hydrogen-bond acceptors (Lipinski definition) is 3. The van der Waals surface area contributed by atoms with Crippen molar-refractivity contribution in [2.75, 3.05) is 0 Å². The Hall–Kier alpha value is -2.04. The molecule has 1 atom stereocenters. The third-order valence-electron chi connectivity index (χ3n) is 3.14. The first-order valence-electron chi connectivity index (χ1n) is 6.15. The SMILES string of the molecule is CC1(C)Cc2cccc([C@@H](CC(=O)O)NC=O)c2O1. The molecule has 19 heavy (non-hydrogen) atoms. The Kier molecular flexibility index (Phi) is 3.46. The van der Waals surface area contributed by atoms with Gasteiger partial charge in [-0.3, -0.25) is 9.59 Å². The molecule has 1 heterocycles. The second-order valence-corrected chi connectivity index (χ2v) is 5.31. The van der Waals surface area contributed by atoms with Crippen LogP contribution in [-0.2, 0) is 16.0 Å². The quantitative estimate of drug-likeness (QED) is 0.792. The van der Waals surface area contributed by atoms with E-state index < -0.39 is 12.0 Å². The highest BCUT2D eigenvalue weighted by Gasteiger charge is 2.33. The molecule has 1 aliphatic rings. The summed E-state index contributed by atoms with van der Waals surface area (Å²) in [5.74, 6) is -0.262. The zero-order chi connectivity index (χ0) is 14.0. The lowest BCUT2D eigenvalue weighted by Crippen LogP contribution is -2.26. The van der Waals surface area contributed by atoms with Crippen LogP contribution < -0.4 is 10.1 Å². The number of aliphatic carboxylic acids is 1. The molecule has 5 nitrogen and oxygen atoms in total. The van der Waals surface area contributed by atoms with Crippen LogP contribution in [0.2, 0.25) is 0 Å². The lowest BCUT2D eigenvalue weighted by molar-refractivity contribution is -0.137. The molecule has 0 spiro atoms. The van der Waals surface area contributed by atoms with E-state index in [1.807, 2.05) is 26.0 Å². The molecular weight excluding hydrogens is 246 g/mol. The second kappa shape index (κ2) is 4.91. The van der Waals surface area contributed by atoms with Crippen molar-refractivity contribution in [2.24, 2.45) is 0 Å². The average Bonchev–Trinajstić information content (AvgIpc) is 2.61. The number of hydrogen-bond donors (Lipinski definition) is 2. The molecule has 0 aromatic heterocycles. The molecule has 0 bridgehead atoms. The van der Waals surface area contributed by atoms with Crippen molar-refractivity contribution < 1.29 is 19.4 Å². The summed E-state index contributed by atoms with van der Waals surface area (Å²) in [5, 5.41) is 11.5. The van der Waals surface area contributed by atoms with E-state index in [2.05, 4.69) is 5.32 Å². The van der Waals surface area contributed by atoms with Gasteiger partial charge >= 0.3 is 5.97 Å². The molecule has 1 amide bonds. The maximum Gasteiger partial charge on any atom is 0.305 e. The van der Waals surface area contributed by atoms with Gasteiger partial charge in [-0.2, -0.15) is 0 Å². The van der Waals surface area contributed by atoms with Crippen LogP contribution in [-0.4, -0.2) is 23.1 Å². The van der Waals surface area contributed by atoms with Crippen molar-refractivity contribution in [2.45, 2.75) is 38.3 Å². The molecule has 0 aliphatic carbocycles. The van der Waals surface area contributed by atoms with E-state index in [0.717, 1.165) is 17.5 Å². The molecule has 5 heteroatoms. The Morgan fingerprint density at radius 3 is 2.95 bits per heavy atom. The van der Waals surface area contributed by atoms with Gasteiger partial charge in [-0.15, -0.1) is 0 Å². The highest BCUT2D eigenvalue weighted by atomic mass is 16.5. The first kappa shape index (κ1) is 13.4. The highest BCUT2D eigenvalue weighted by molar-refractivity contribution is 5.69. The van der Waals surface area contributed by atoms with Crippen LogP contribution in [0, 0.1) is 0 Å². The Morgan fingerprint density at radius 2 is 2.32 bits per heavy atom.